The highest BCUT2D eigenvalue weighted by Gasteiger charge is 2.71. The summed E-state index contributed by atoms with van der Waals surface area (Å²) in [5.74, 6) is -0.742. The maximum absolute atomic E-state index is 12.2. The molecule has 7 nitrogen and oxygen atoms in total. The van der Waals surface area contributed by atoms with Crippen LogP contribution in [-0.2, 0) is 19.1 Å². The molecule has 5 aliphatic rings. The summed E-state index contributed by atoms with van der Waals surface area (Å²) < 4.78 is 10.6. The lowest BCUT2D eigenvalue weighted by atomic mass is 9.41. The van der Waals surface area contributed by atoms with Crippen molar-refractivity contribution in [1.82, 2.24) is 0 Å². The average molecular weight is 444 g/mol. The molecule has 0 radical (unpaired) electrons. The SMILES string of the molecule is CC(=O)O[C@@H]1CC[C@]2(C#N)[C@H]3CC[C@]4(C)[C@H](C5=CC(=O)OC5)CC[C@@]4(O)[C@@H]3CC[C@@]2(O)C1. The maximum atomic E-state index is 12.2. The van der Waals surface area contributed by atoms with Crippen molar-refractivity contribution >= 4 is 11.9 Å². The van der Waals surface area contributed by atoms with Crippen LogP contribution in [0.1, 0.15) is 71.6 Å². The molecule has 0 unspecified atom stereocenters. The van der Waals surface area contributed by atoms with E-state index in [-0.39, 0.29) is 47.6 Å². The van der Waals surface area contributed by atoms with Crippen molar-refractivity contribution < 1.29 is 29.3 Å². The minimum atomic E-state index is -1.21. The summed E-state index contributed by atoms with van der Waals surface area (Å²) in [6.45, 7) is 3.82. The second kappa shape index (κ2) is 7.04. The van der Waals surface area contributed by atoms with Gasteiger partial charge in [-0.1, -0.05) is 6.92 Å². The van der Waals surface area contributed by atoms with Gasteiger partial charge in [0.05, 0.1) is 22.7 Å². The Morgan fingerprint density at radius 2 is 1.91 bits per heavy atom. The van der Waals surface area contributed by atoms with Crippen LogP contribution in [0.3, 0.4) is 0 Å². The highest BCUT2D eigenvalue weighted by molar-refractivity contribution is 5.85. The third-order valence-corrected chi connectivity index (χ3v) is 10.1. The molecule has 7 heteroatoms. The van der Waals surface area contributed by atoms with Gasteiger partial charge >= 0.3 is 11.9 Å². The van der Waals surface area contributed by atoms with E-state index in [1.165, 1.54) is 6.92 Å². The van der Waals surface area contributed by atoms with Gasteiger partial charge in [-0.2, -0.15) is 5.26 Å². The number of rotatable bonds is 2. The second-order valence-corrected chi connectivity index (χ2v) is 11.1. The number of hydrogen-bond donors (Lipinski definition) is 2. The predicted molar refractivity (Wildman–Crippen MR) is 113 cm³/mol. The first-order chi connectivity index (χ1) is 15.1. The number of carbonyl (C=O) groups is 2. The summed E-state index contributed by atoms with van der Waals surface area (Å²) in [4.78, 5) is 23.2. The van der Waals surface area contributed by atoms with Gasteiger partial charge in [-0.3, -0.25) is 4.79 Å². The summed E-state index contributed by atoms with van der Waals surface area (Å²) in [6, 6.07) is 2.54. The van der Waals surface area contributed by atoms with Gasteiger partial charge in [0.2, 0.25) is 0 Å². The number of nitrogens with zero attached hydrogens (tertiary/aromatic N) is 1. The van der Waals surface area contributed by atoms with E-state index in [1.807, 2.05) is 0 Å². The number of carbonyl (C=O) groups excluding carboxylic acids is 2. The third-order valence-electron chi connectivity index (χ3n) is 10.1. The molecule has 1 heterocycles. The number of nitriles is 1. The van der Waals surface area contributed by atoms with Crippen LogP contribution in [0, 0.1) is 39.9 Å². The van der Waals surface area contributed by atoms with Crippen LogP contribution < -0.4 is 0 Å². The Morgan fingerprint density at radius 3 is 2.56 bits per heavy atom. The Kier molecular flexibility index (Phi) is 4.82. The fraction of sp³-hybridized carbons (Fsp3) is 0.800. The topological polar surface area (TPSA) is 117 Å². The largest absolute Gasteiger partial charge is 0.462 e. The van der Waals surface area contributed by atoms with Crippen molar-refractivity contribution in [2.75, 3.05) is 6.61 Å². The fourth-order valence-corrected chi connectivity index (χ4v) is 8.58. The molecule has 174 valence electrons. The zero-order chi connectivity index (χ0) is 22.9. The zero-order valence-corrected chi connectivity index (χ0v) is 18.9. The lowest BCUT2D eigenvalue weighted by Gasteiger charge is -2.64. The quantitative estimate of drug-likeness (QED) is 0.630. The van der Waals surface area contributed by atoms with E-state index in [2.05, 4.69) is 13.0 Å². The first-order valence-electron chi connectivity index (χ1n) is 12.0. The number of aliphatic hydroxyl groups is 2. The Balaban J connectivity index is 1.47. The van der Waals surface area contributed by atoms with E-state index in [4.69, 9.17) is 9.47 Å². The molecule has 4 fully saturated rings. The van der Waals surface area contributed by atoms with Crippen molar-refractivity contribution in [3.8, 4) is 6.07 Å². The third kappa shape index (κ3) is 2.72. The van der Waals surface area contributed by atoms with E-state index in [0.29, 0.717) is 38.7 Å². The molecular formula is C25H33NO6. The molecule has 1 aliphatic heterocycles. The molecule has 2 N–H and O–H groups in total. The summed E-state index contributed by atoms with van der Waals surface area (Å²) >= 11 is 0. The second-order valence-electron chi connectivity index (χ2n) is 11.1. The first-order valence-corrected chi connectivity index (χ1v) is 12.0. The van der Waals surface area contributed by atoms with Gasteiger partial charge in [-0.05, 0) is 74.7 Å². The normalized spacial score (nSPS) is 49.7. The number of hydrogen-bond acceptors (Lipinski definition) is 7. The monoisotopic (exact) mass is 443 g/mol. The minimum Gasteiger partial charge on any atom is -0.462 e. The first kappa shape index (κ1) is 21.9. The van der Waals surface area contributed by atoms with Crippen LogP contribution in [0.5, 0.6) is 0 Å². The van der Waals surface area contributed by atoms with Crippen molar-refractivity contribution in [3.63, 3.8) is 0 Å². The summed E-state index contributed by atoms with van der Waals surface area (Å²) in [5.41, 5.74) is -2.48. The smallest absolute Gasteiger partial charge is 0.331 e. The van der Waals surface area contributed by atoms with E-state index < -0.39 is 16.6 Å². The highest BCUT2D eigenvalue weighted by atomic mass is 16.5. The summed E-state index contributed by atoms with van der Waals surface area (Å²) in [7, 11) is 0. The van der Waals surface area contributed by atoms with Crippen molar-refractivity contribution in [2.45, 2.75) is 88.9 Å². The number of ether oxygens (including phenoxy) is 2. The zero-order valence-electron chi connectivity index (χ0n) is 18.9. The maximum Gasteiger partial charge on any atom is 0.331 e. The number of fused-ring (bicyclic) bond motifs is 5. The van der Waals surface area contributed by atoms with Gasteiger partial charge in [-0.25, -0.2) is 4.79 Å². The Hall–Kier alpha value is -1.91. The molecule has 4 aliphatic carbocycles. The average Bonchev–Trinajstić information content (AvgIpc) is 3.27. The molecule has 4 saturated carbocycles. The van der Waals surface area contributed by atoms with Gasteiger partial charge in [-0.15, -0.1) is 0 Å². The molecule has 0 amide bonds. The van der Waals surface area contributed by atoms with Crippen molar-refractivity contribution in [2.24, 2.45) is 28.6 Å². The lowest BCUT2D eigenvalue weighted by Crippen LogP contribution is -2.68. The van der Waals surface area contributed by atoms with E-state index in [9.17, 15) is 25.1 Å². The molecule has 0 aromatic rings. The molecule has 0 saturated heterocycles. The molecule has 0 bridgehead atoms. The van der Waals surface area contributed by atoms with E-state index in [1.54, 1.807) is 6.08 Å². The summed E-state index contributed by atoms with van der Waals surface area (Å²) in [6.07, 6.45) is 6.56. The molecule has 8 atom stereocenters. The van der Waals surface area contributed by atoms with Crippen molar-refractivity contribution in [3.05, 3.63) is 11.6 Å². The Bertz CT molecular complexity index is 924. The lowest BCUT2D eigenvalue weighted by molar-refractivity contribution is -0.244. The molecule has 5 rings (SSSR count). The summed E-state index contributed by atoms with van der Waals surface area (Å²) in [5, 5.41) is 34.4. The van der Waals surface area contributed by atoms with E-state index in [0.717, 1.165) is 24.8 Å². The number of esters is 2. The number of cyclic esters (lactones) is 1. The molecule has 32 heavy (non-hydrogen) atoms. The molecular weight excluding hydrogens is 410 g/mol. The van der Waals surface area contributed by atoms with Gasteiger partial charge in [0, 0.05) is 24.8 Å². The highest BCUT2D eigenvalue weighted by Crippen LogP contribution is 2.70. The minimum absolute atomic E-state index is 0.0740. The van der Waals surface area contributed by atoms with Crippen LogP contribution in [0.25, 0.3) is 0 Å². The standard InChI is InChI=1S/C25H33NO6/c1-15(27)32-17-3-8-23(14-26)19-4-7-22(2)18(16-11-21(28)31-13-16)6-10-25(22,30)20(19)5-9-24(23,29)12-17/h11,17-20,29-30H,3-10,12-13H2,1-2H3/t17-,18+,19+,20-,22-,23+,24-,25-/m1/s1. The van der Waals surface area contributed by atoms with Crippen LogP contribution in [-0.4, -0.2) is 46.1 Å². The van der Waals surface area contributed by atoms with Gasteiger partial charge < -0.3 is 19.7 Å². The van der Waals surface area contributed by atoms with Crippen LogP contribution in [0.15, 0.2) is 11.6 Å². The van der Waals surface area contributed by atoms with Gasteiger partial charge in [0.1, 0.15) is 12.7 Å². The van der Waals surface area contributed by atoms with Crippen LogP contribution in [0.2, 0.25) is 0 Å². The molecule has 0 spiro atoms. The fourth-order valence-electron chi connectivity index (χ4n) is 8.58. The van der Waals surface area contributed by atoms with Crippen LogP contribution >= 0.6 is 0 Å². The predicted octanol–water partition coefficient (Wildman–Crippen LogP) is 2.79. The molecule has 0 aromatic heterocycles. The Morgan fingerprint density at radius 1 is 1.16 bits per heavy atom. The van der Waals surface area contributed by atoms with E-state index >= 15 is 0 Å². The van der Waals surface area contributed by atoms with Gasteiger partial charge in [0.15, 0.2) is 0 Å². The van der Waals surface area contributed by atoms with Crippen molar-refractivity contribution in [1.29, 1.82) is 5.26 Å². The molecule has 0 aromatic carbocycles. The van der Waals surface area contributed by atoms with Gasteiger partial charge in [0.25, 0.3) is 0 Å². The Labute approximate surface area is 188 Å². The van der Waals surface area contributed by atoms with Crippen LogP contribution in [0.4, 0.5) is 0 Å².